The number of carbonyl (C=O) groups is 1. The van der Waals surface area contributed by atoms with E-state index in [1.54, 1.807) is 0 Å². The van der Waals surface area contributed by atoms with Crippen molar-refractivity contribution in [3.05, 3.63) is 12.2 Å². The van der Waals surface area contributed by atoms with E-state index in [-0.39, 0.29) is 12.2 Å². The molecule has 3 N–H and O–H groups in total. The summed E-state index contributed by atoms with van der Waals surface area (Å²) in [5.41, 5.74) is 0. The third-order valence-electron chi connectivity index (χ3n) is 3.23. The van der Waals surface area contributed by atoms with Gasteiger partial charge in [0.05, 0.1) is 33.0 Å². The molecule has 1 unspecified atom stereocenters. The van der Waals surface area contributed by atoms with Crippen LogP contribution in [0.25, 0.3) is 0 Å². The summed E-state index contributed by atoms with van der Waals surface area (Å²) in [6.45, 7) is 2.61. The van der Waals surface area contributed by atoms with Crippen LogP contribution in [0.3, 0.4) is 0 Å². The second-order valence-electron chi connectivity index (χ2n) is 5.03. The standard InChI is InChI=1S/C15H28N2O5/c16-21-13-12-20-11-10-19-9-8-17-15(18)22-14-6-4-2-1-3-5-7-14/h1-2,14H,3-13,16H2,(H,17,18)/b2-1+. The monoisotopic (exact) mass is 316 g/mol. The molecule has 22 heavy (non-hydrogen) atoms. The highest BCUT2D eigenvalue weighted by Crippen LogP contribution is 2.15. The molecule has 0 bridgehead atoms. The van der Waals surface area contributed by atoms with E-state index in [9.17, 15) is 4.79 Å². The fourth-order valence-corrected chi connectivity index (χ4v) is 2.09. The summed E-state index contributed by atoms with van der Waals surface area (Å²) in [4.78, 5) is 16.0. The number of nitrogens with two attached hydrogens (primary N) is 1. The zero-order valence-electron chi connectivity index (χ0n) is 13.1. The van der Waals surface area contributed by atoms with E-state index in [0.29, 0.717) is 39.6 Å². The lowest BCUT2D eigenvalue weighted by Crippen LogP contribution is -2.31. The fraction of sp³-hybridized carbons (Fsp3) is 0.800. The summed E-state index contributed by atoms with van der Waals surface area (Å²) >= 11 is 0. The van der Waals surface area contributed by atoms with Gasteiger partial charge in [0.1, 0.15) is 6.10 Å². The van der Waals surface area contributed by atoms with Crippen molar-refractivity contribution in [2.75, 3.05) is 39.6 Å². The van der Waals surface area contributed by atoms with Gasteiger partial charge in [0.2, 0.25) is 0 Å². The molecule has 0 radical (unpaired) electrons. The van der Waals surface area contributed by atoms with Crippen LogP contribution in [-0.4, -0.2) is 51.8 Å². The minimum Gasteiger partial charge on any atom is -0.446 e. The Labute approximate surface area is 132 Å². The Morgan fingerprint density at radius 3 is 2.59 bits per heavy atom. The second kappa shape index (κ2) is 13.5. The lowest BCUT2D eigenvalue weighted by Gasteiger charge is -2.18. The number of allylic oxidation sites excluding steroid dienone is 2. The zero-order valence-corrected chi connectivity index (χ0v) is 13.1. The third-order valence-corrected chi connectivity index (χ3v) is 3.23. The Morgan fingerprint density at radius 1 is 1.05 bits per heavy atom. The van der Waals surface area contributed by atoms with Gasteiger partial charge in [0.15, 0.2) is 0 Å². The number of hydrogen-bond acceptors (Lipinski definition) is 6. The number of rotatable bonds is 10. The lowest BCUT2D eigenvalue weighted by molar-refractivity contribution is 0.0144. The number of nitrogens with one attached hydrogen (secondary N) is 1. The van der Waals surface area contributed by atoms with Crippen LogP contribution >= 0.6 is 0 Å². The molecule has 0 aromatic heterocycles. The highest BCUT2D eigenvalue weighted by Gasteiger charge is 2.14. The molecule has 1 amide bonds. The first-order chi connectivity index (χ1) is 10.8. The first-order valence-electron chi connectivity index (χ1n) is 7.89. The average molecular weight is 316 g/mol. The summed E-state index contributed by atoms with van der Waals surface area (Å²) in [5, 5.41) is 2.70. The summed E-state index contributed by atoms with van der Waals surface area (Å²) in [5.74, 6) is 4.85. The minimum absolute atomic E-state index is 0.0176. The van der Waals surface area contributed by atoms with Gasteiger partial charge in [-0.2, -0.15) is 0 Å². The first kappa shape index (κ1) is 18.9. The molecule has 1 aliphatic carbocycles. The van der Waals surface area contributed by atoms with Crippen LogP contribution in [0, 0.1) is 0 Å². The van der Waals surface area contributed by atoms with Gasteiger partial charge >= 0.3 is 6.09 Å². The van der Waals surface area contributed by atoms with Crippen LogP contribution in [0.2, 0.25) is 0 Å². The normalized spacial score (nSPS) is 20.0. The Bertz CT molecular complexity index is 312. The Balaban J connectivity index is 1.93. The van der Waals surface area contributed by atoms with Crippen LogP contribution in [0.4, 0.5) is 4.79 Å². The SMILES string of the molecule is NOCCOCCOCCNC(=O)OC1CC/C=C/CCC1. The summed E-state index contributed by atoms with van der Waals surface area (Å²) in [7, 11) is 0. The minimum atomic E-state index is -0.366. The number of amides is 1. The number of ether oxygens (including phenoxy) is 3. The Hall–Kier alpha value is -1.15. The molecule has 0 aromatic carbocycles. The molecule has 1 aliphatic rings. The van der Waals surface area contributed by atoms with Gasteiger partial charge in [-0.15, -0.1) is 0 Å². The first-order valence-corrected chi connectivity index (χ1v) is 7.89. The van der Waals surface area contributed by atoms with Gasteiger partial charge in [0, 0.05) is 6.54 Å². The van der Waals surface area contributed by atoms with Crippen molar-refractivity contribution >= 4 is 6.09 Å². The molecule has 1 atom stereocenters. The molecule has 7 nitrogen and oxygen atoms in total. The molecule has 0 aliphatic heterocycles. The van der Waals surface area contributed by atoms with Crippen molar-refractivity contribution in [3.8, 4) is 0 Å². The van der Waals surface area contributed by atoms with E-state index in [4.69, 9.17) is 20.1 Å². The fourth-order valence-electron chi connectivity index (χ4n) is 2.09. The van der Waals surface area contributed by atoms with Crippen molar-refractivity contribution in [2.24, 2.45) is 5.90 Å². The van der Waals surface area contributed by atoms with Crippen LogP contribution in [0.5, 0.6) is 0 Å². The predicted octanol–water partition coefficient (Wildman–Crippen LogP) is 1.52. The highest BCUT2D eigenvalue weighted by atomic mass is 16.6. The van der Waals surface area contributed by atoms with Crippen LogP contribution in [-0.2, 0) is 19.0 Å². The topological polar surface area (TPSA) is 92.0 Å². The number of hydrogen-bond donors (Lipinski definition) is 2. The average Bonchev–Trinajstić information content (AvgIpc) is 2.48. The molecule has 128 valence electrons. The van der Waals surface area contributed by atoms with E-state index in [0.717, 1.165) is 32.1 Å². The van der Waals surface area contributed by atoms with Crippen molar-refractivity contribution in [1.82, 2.24) is 5.32 Å². The van der Waals surface area contributed by atoms with Crippen molar-refractivity contribution in [2.45, 2.75) is 38.2 Å². The summed E-state index contributed by atoms with van der Waals surface area (Å²) < 4.78 is 15.9. The maximum absolute atomic E-state index is 11.7. The lowest BCUT2D eigenvalue weighted by atomic mass is 10.0. The van der Waals surface area contributed by atoms with E-state index in [1.807, 2.05) is 0 Å². The van der Waals surface area contributed by atoms with Gasteiger partial charge in [0.25, 0.3) is 0 Å². The molecule has 1 rings (SSSR count). The van der Waals surface area contributed by atoms with Crippen LogP contribution < -0.4 is 11.2 Å². The van der Waals surface area contributed by atoms with Crippen molar-refractivity contribution < 1.29 is 23.8 Å². The summed E-state index contributed by atoms with van der Waals surface area (Å²) in [6.07, 6.45) is 8.92. The quantitative estimate of drug-likeness (QED) is 0.361. The molecular weight excluding hydrogens is 288 g/mol. The molecule has 0 heterocycles. The van der Waals surface area contributed by atoms with Crippen molar-refractivity contribution in [3.63, 3.8) is 0 Å². The van der Waals surface area contributed by atoms with Crippen LogP contribution in [0.1, 0.15) is 32.1 Å². The third kappa shape index (κ3) is 10.6. The predicted molar refractivity (Wildman–Crippen MR) is 82.3 cm³/mol. The molecule has 0 spiro atoms. The summed E-state index contributed by atoms with van der Waals surface area (Å²) in [6, 6.07) is 0. The number of carbonyl (C=O) groups excluding carboxylic acids is 1. The van der Waals surface area contributed by atoms with Gasteiger partial charge in [-0.25, -0.2) is 10.7 Å². The smallest absolute Gasteiger partial charge is 0.407 e. The van der Waals surface area contributed by atoms with E-state index < -0.39 is 0 Å². The second-order valence-corrected chi connectivity index (χ2v) is 5.03. The van der Waals surface area contributed by atoms with Gasteiger partial charge in [-0.1, -0.05) is 12.2 Å². The van der Waals surface area contributed by atoms with E-state index in [2.05, 4.69) is 22.3 Å². The highest BCUT2D eigenvalue weighted by molar-refractivity contribution is 5.67. The van der Waals surface area contributed by atoms with Gasteiger partial charge in [-0.3, -0.25) is 0 Å². The number of alkyl carbamates (subject to hydrolysis) is 1. The van der Waals surface area contributed by atoms with E-state index in [1.165, 1.54) is 0 Å². The molecule has 0 saturated carbocycles. The van der Waals surface area contributed by atoms with Crippen LogP contribution in [0.15, 0.2) is 12.2 Å². The molecular formula is C15H28N2O5. The van der Waals surface area contributed by atoms with E-state index >= 15 is 0 Å². The van der Waals surface area contributed by atoms with Gasteiger partial charge in [-0.05, 0) is 32.1 Å². The molecule has 0 saturated heterocycles. The van der Waals surface area contributed by atoms with Gasteiger partial charge < -0.3 is 24.4 Å². The Morgan fingerprint density at radius 2 is 1.77 bits per heavy atom. The maximum atomic E-state index is 11.7. The maximum Gasteiger partial charge on any atom is 0.407 e. The zero-order chi connectivity index (χ0) is 15.9. The molecule has 7 heteroatoms. The largest absolute Gasteiger partial charge is 0.446 e. The Kier molecular flexibility index (Phi) is 11.6. The molecule has 0 aromatic rings. The van der Waals surface area contributed by atoms with Crippen molar-refractivity contribution in [1.29, 1.82) is 0 Å². The molecule has 0 fully saturated rings.